The molecule has 1 atom stereocenters. The zero-order valence-electron chi connectivity index (χ0n) is 14.2. The van der Waals surface area contributed by atoms with Gasteiger partial charge in [-0.3, -0.25) is 4.79 Å². The SMILES string of the molecule is CCOC(=O)C1(Cc2ccccc2)C=C1c1cccc2ccccc12. The van der Waals surface area contributed by atoms with Gasteiger partial charge < -0.3 is 4.74 Å². The average Bonchev–Trinajstić information content (AvgIpc) is 3.37. The normalized spacial score (nSPS) is 18.7. The van der Waals surface area contributed by atoms with Crippen molar-refractivity contribution in [2.75, 3.05) is 6.61 Å². The predicted molar refractivity (Wildman–Crippen MR) is 101 cm³/mol. The molecule has 1 aliphatic rings. The van der Waals surface area contributed by atoms with E-state index in [2.05, 4.69) is 48.5 Å². The van der Waals surface area contributed by atoms with Gasteiger partial charge in [-0.2, -0.15) is 0 Å². The standard InChI is InChI=1S/C23H20O2/c1-2-25-22(24)23(15-17-9-4-3-5-10-17)16-21(23)20-14-8-12-18-11-6-7-13-19(18)20/h3-14,16H,2,15H2,1H3. The lowest BCUT2D eigenvalue weighted by molar-refractivity contribution is -0.148. The Hall–Kier alpha value is -2.87. The predicted octanol–water partition coefficient (Wildman–Crippen LogP) is 5.03. The van der Waals surface area contributed by atoms with E-state index in [9.17, 15) is 4.79 Å². The number of fused-ring (bicyclic) bond motifs is 1. The molecule has 0 saturated heterocycles. The minimum atomic E-state index is -0.637. The molecule has 1 aliphatic carbocycles. The zero-order chi connectivity index (χ0) is 17.3. The maximum Gasteiger partial charge on any atom is 0.320 e. The summed E-state index contributed by atoms with van der Waals surface area (Å²) in [5, 5.41) is 2.36. The number of carbonyl (C=O) groups is 1. The van der Waals surface area contributed by atoms with Crippen molar-refractivity contribution < 1.29 is 9.53 Å². The van der Waals surface area contributed by atoms with E-state index in [-0.39, 0.29) is 5.97 Å². The van der Waals surface area contributed by atoms with Crippen LogP contribution in [0.2, 0.25) is 0 Å². The first kappa shape index (κ1) is 15.6. The molecule has 2 heteroatoms. The van der Waals surface area contributed by atoms with E-state index in [0.29, 0.717) is 13.0 Å². The molecule has 0 N–H and O–H groups in total. The molecule has 1 unspecified atom stereocenters. The molecule has 0 saturated carbocycles. The third-order valence-electron chi connectivity index (χ3n) is 4.83. The van der Waals surface area contributed by atoms with E-state index < -0.39 is 5.41 Å². The van der Waals surface area contributed by atoms with Gasteiger partial charge in [0.05, 0.1) is 6.61 Å². The quantitative estimate of drug-likeness (QED) is 0.614. The molecule has 0 aromatic heterocycles. The van der Waals surface area contributed by atoms with Crippen molar-refractivity contribution >= 4 is 22.3 Å². The van der Waals surface area contributed by atoms with Crippen LogP contribution in [0.15, 0.2) is 78.9 Å². The molecule has 0 radical (unpaired) electrons. The first-order chi connectivity index (χ1) is 12.2. The molecular formula is C23H20O2. The van der Waals surface area contributed by atoms with Crippen molar-refractivity contribution in [3.05, 3.63) is 90.0 Å². The number of hydrogen-bond acceptors (Lipinski definition) is 2. The Morgan fingerprint density at radius 3 is 2.44 bits per heavy atom. The summed E-state index contributed by atoms with van der Waals surface area (Å²) in [5.74, 6) is -0.151. The van der Waals surface area contributed by atoms with Crippen LogP contribution in [-0.2, 0) is 16.0 Å². The second-order valence-electron chi connectivity index (χ2n) is 6.44. The minimum absolute atomic E-state index is 0.151. The summed E-state index contributed by atoms with van der Waals surface area (Å²) in [5.41, 5.74) is 2.71. The Labute approximate surface area is 147 Å². The number of hydrogen-bond donors (Lipinski definition) is 0. The summed E-state index contributed by atoms with van der Waals surface area (Å²) >= 11 is 0. The average molecular weight is 328 g/mol. The topological polar surface area (TPSA) is 26.3 Å². The molecule has 2 nitrogen and oxygen atoms in total. The second kappa shape index (κ2) is 6.21. The third kappa shape index (κ3) is 2.74. The smallest absolute Gasteiger partial charge is 0.320 e. The van der Waals surface area contributed by atoms with Gasteiger partial charge in [0.1, 0.15) is 5.41 Å². The van der Waals surface area contributed by atoms with Crippen molar-refractivity contribution in [3.63, 3.8) is 0 Å². The summed E-state index contributed by atoms with van der Waals surface area (Å²) in [6, 6.07) is 24.7. The van der Waals surface area contributed by atoms with Gasteiger partial charge >= 0.3 is 5.97 Å². The second-order valence-corrected chi connectivity index (χ2v) is 6.44. The fraction of sp³-hybridized carbons (Fsp3) is 0.174. The van der Waals surface area contributed by atoms with Crippen LogP contribution in [0.4, 0.5) is 0 Å². The lowest BCUT2D eigenvalue weighted by Gasteiger charge is -2.18. The summed E-state index contributed by atoms with van der Waals surface area (Å²) in [6.07, 6.45) is 2.71. The van der Waals surface area contributed by atoms with Crippen LogP contribution in [-0.4, -0.2) is 12.6 Å². The largest absolute Gasteiger partial charge is 0.465 e. The van der Waals surface area contributed by atoms with Crippen molar-refractivity contribution in [2.24, 2.45) is 5.41 Å². The number of ether oxygens (including phenoxy) is 1. The van der Waals surface area contributed by atoms with Crippen LogP contribution in [0, 0.1) is 5.41 Å². The van der Waals surface area contributed by atoms with E-state index in [1.807, 2.05) is 37.3 Å². The minimum Gasteiger partial charge on any atom is -0.465 e. The molecule has 0 amide bonds. The molecule has 25 heavy (non-hydrogen) atoms. The first-order valence-electron chi connectivity index (χ1n) is 8.67. The van der Waals surface area contributed by atoms with Crippen LogP contribution < -0.4 is 0 Å². The number of carbonyl (C=O) groups excluding carboxylic acids is 1. The molecule has 0 aliphatic heterocycles. The van der Waals surface area contributed by atoms with Crippen molar-refractivity contribution in [3.8, 4) is 0 Å². The van der Waals surface area contributed by atoms with Crippen LogP contribution in [0.1, 0.15) is 18.1 Å². The highest BCUT2D eigenvalue weighted by Crippen LogP contribution is 2.55. The van der Waals surface area contributed by atoms with Crippen molar-refractivity contribution in [2.45, 2.75) is 13.3 Å². The molecule has 4 rings (SSSR count). The number of esters is 1. The highest BCUT2D eigenvalue weighted by molar-refractivity contribution is 6.10. The van der Waals surface area contributed by atoms with E-state index >= 15 is 0 Å². The maximum absolute atomic E-state index is 12.8. The Morgan fingerprint density at radius 2 is 1.64 bits per heavy atom. The van der Waals surface area contributed by atoms with Crippen LogP contribution in [0.25, 0.3) is 16.3 Å². The van der Waals surface area contributed by atoms with Gasteiger partial charge in [-0.1, -0.05) is 78.9 Å². The Kier molecular flexibility index (Phi) is 3.89. The molecule has 3 aromatic carbocycles. The van der Waals surface area contributed by atoms with Gasteiger partial charge in [-0.15, -0.1) is 0 Å². The molecule has 0 heterocycles. The summed E-state index contributed by atoms with van der Waals surface area (Å²) < 4.78 is 5.41. The van der Waals surface area contributed by atoms with Gasteiger partial charge in [-0.25, -0.2) is 0 Å². The van der Waals surface area contributed by atoms with E-state index in [0.717, 1.165) is 16.7 Å². The monoisotopic (exact) mass is 328 g/mol. The van der Waals surface area contributed by atoms with Gasteiger partial charge in [0.25, 0.3) is 0 Å². The highest BCUT2D eigenvalue weighted by atomic mass is 16.5. The lowest BCUT2D eigenvalue weighted by atomic mass is 9.87. The molecule has 0 fully saturated rings. The molecule has 0 bridgehead atoms. The van der Waals surface area contributed by atoms with Crippen LogP contribution >= 0.6 is 0 Å². The number of rotatable bonds is 5. The van der Waals surface area contributed by atoms with Gasteiger partial charge in [0.15, 0.2) is 0 Å². The molecular weight excluding hydrogens is 308 g/mol. The van der Waals surface area contributed by atoms with Crippen LogP contribution in [0.5, 0.6) is 0 Å². The maximum atomic E-state index is 12.8. The number of benzene rings is 3. The lowest BCUT2D eigenvalue weighted by Crippen LogP contribution is -2.24. The fourth-order valence-electron chi connectivity index (χ4n) is 3.55. The van der Waals surface area contributed by atoms with Gasteiger partial charge in [0, 0.05) is 0 Å². The Balaban J connectivity index is 1.74. The fourth-order valence-corrected chi connectivity index (χ4v) is 3.55. The zero-order valence-corrected chi connectivity index (χ0v) is 14.2. The Morgan fingerprint density at radius 1 is 0.920 bits per heavy atom. The van der Waals surface area contributed by atoms with Gasteiger partial charge in [-0.05, 0) is 40.8 Å². The van der Waals surface area contributed by atoms with Crippen molar-refractivity contribution in [1.29, 1.82) is 0 Å². The first-order valence-corrected chi connectivity index (χ1v) is 8.67. The summed E-state index contributed by atoms with van der Waals surface area (Å²) in [6.45, 7) is 2.25. The van der Waals surface area contributed by atoms with Gasteiger partial charge in [0.2, 0.25) is 0 Å². The van der Waals surface area contributed by atoms with E-state index in [1.165, 1.54) is 10.8 Å². The third-order valence-corrected chi connectivity index (χ3v) is 4.83. The Bertz CT molecular complexity index is 951. The highest BCUT2D eigenvalue weighted by Gasteiger charge is 2.52. The molecule has 124 valence electrons. The molecule has 0 spiro atoms. The summed E-state index contributed by atoms with van der Waals surface area (Å²) in [7, 11) is 0. The van der Waals surface area contributed by atoms with Crippen LogP contribution in [0.3, 0.4) is 0 Å². The van der Waals surface area contributed by atoms with Crippen molar-refractivity contribution in [1.82, 2.24) is 0 Å². The van der Waals surface area contributed by atoms with E-state index in [4.69, 9.17) is 4.74 Å². The molecule has 3 aromatic rings. The van der Waals surface area contributed by atoms with E-state index in [1.54, 1.807) is 0 Å². The summed E-state index contributed by atoms with van der Waals surface area (Å²) in [4.78, 5) is 12.8.